The Bertz CT molecular complexity index is 1370. The predicted octanol–water partition coefficient (Wildman–Crippen LogP) is 4.91. The molecule has 0 bridgehead atoms. The molecule has 0 fully saturated rings. The van der Waals surface area contributed by atoms with Crippen molar-refractivity contribution in [2.45, 2.75) is 6.92 Å². The first-order valence-corrected chi connectivity index (χ1v) is 11.0. The molecule has 0 aliphatic heterocycles. The molecule has 0 saturated carbocycles. The summed E-state index contributed by atoms with van der Waals surface area (Å²) in [6.45, 7) is 1.41. The van der Waals surface area contributed by atoms with Gasteiger partial charge in [-0.15, -0.1) is 0 Å². The van der Waals surface area contributed by atoms with Gasteiger partial charge in [0.15, 0.2) is 0 Å². The van der Waals surface area contributed by atoms with Crippen LogP contribution in [-0.4, -0.2) is 39.9 Å². The lowest BCUT2D eigenvalue weighted by Gasteiger charge is -2.12. The van der Waals surface area contributed by atoms with Crippen LogP contribution in [0.1, 0.15) is 16.1 Å². The van der Waals surface area contributed by atoms with Crippen molar-refractivity contribution >= 4 is 23.4 Å². The molecule has 4 aromatic rings. The minimum Gasteiger partial charge on any atom is -0.459 e. The van der Waals surface area contributed by atoms with Crippen LogP contribution in [-0.2, 0) is 4.74 Å². The molecular formula is C26H23FN4O5. The van der Waals surface area contributed by atoms with E-state index < -0.39 is 17.8 Å². The van der Waals surface area contributed by atoms with Gasteiger partial charge in [0.2, 0.25) is 0 Å². The van der Waals surface area contributed by atoms with Gasteiger partial charge in [0.05, 0.1) is 6.61 Å². The smallest absolute Gasteiger partial charge is 0.355 e. The zero-order chi connectivity index (χ0) is 25.5. The van der Waals surface area contributed by atoms with Gasteiger partial charge in [0.25, 0.3) is 0 Å². The average Bonchev–Trinajstić information content (AvgIpc) is 3.36. The number of carbonyl (C=O) groups is 2. The number of aryl methyl sites for hydroxylation is 1. The van der Waals surface area contributed by atoms with E-state index in [1.165, 1.54) is 12.1 Å². The van der Waals surface area contributed by atoms with E-state index in [9.17, 15) is 14.0 Å². The average molecular weight is 490 g/mol. The van der Waals surface area contributed by atoms with Gasteiger partial charge < -0.3 is 25.2 Å². The fraction of sp³-hybridized carbons (Fsp3) is 0.115. The lowest BCUT2D eigenvalue weighted by molar-refractivity contribution is 0.0424. The van der Waals surface area contributed by atoms with Crippen LogP contribution in [0.5, 0.6) is 11.5 Å². The van der Waals surface area contributed by atoms with Crippen molar-refractivity contribution in [3.8, 4) is 17.3 Å². The van der Waals surface area contributed by atoms with Gasteiger partial charge in [-0.3, -0.25) is 4.57 Å². The van der Waals surface area contributed by atoms with E-state index in [0.29, 0.717) is 28.7 Å². The number of anilines is 2. The Balaban J connectivity index is 1.40. The number of aliphatic hydroxyl groups excluding tert-OH is 1. The van der Waals surface area contributed by atoms with Gasteiger partial charge in [-0.25, -0.2) is 19.0 Å². The third kappa shape index (κ3) is 6.05. The Morgan fingerprint density at radius 3 is 2.61 bits per heavy atom. The minimum absolute atomic E-state index is 0.0997. The highest BCUT2D eigenvalue weighted by Gasteiger charge is 2.15. The van der Waals surface area contributed by atoms with Gasteiger partial charge in [-0.1, -0.05) is 6.07 Å². The number of hydrogen-bond donors (Lipinski definition) is 3. The van der Waals surface area contributed by atoms with Crippen molar-refractivity contribution in [2.75, 3.05) is 23.8 Å². The number of pyridine rings is 1. The number of nitrogens with zero attached hydrogens (tertiary/aromatic N) is 2. The number of benzene rings is 2. The van der Waals surface area contributed by atoms with Gasteiger partial charge >= 0.3 is 12.0 Å². The summed E-state index contributed by atoms with van der Waals surface area (Å²) in [6.07, 6.45) is 3.21. The summed E-state index contributed by atoms with van der Waals surface area (Å²) in [7, 11) is 0. The van der Waals surface area contributed by atoms with Crippen LogP contribution in [0.2, 0.25) is 0 Å². The number of esters is 1. The Morgan fingerprint density at radius 1 is 1.03 bits per heavy atom. The number of carbonyl (C=O) groups excluding carboxylic acids is 2. The van der Waals surface area contributed by atoms with Gasteiger partial charge in [-0.05, 0) is 67.1 Å². The molecular weight excluding hydrogens is 467 g/mol. The normalized spacial score (nSPS) is 10.5. The van der Waals surface area contributed by atoms with E-state index in [0.717, 1.165) is 5.56 Å². The van der Waals surface area contributed by atoms with Crippen LogP contribution in [0.3, 0.4) is 0 Å². The molecule has 0 aliphatic carbocycles. The molecule has 0 unspecified atom stereocenters. The number of halogens is 1. The molecule has 2 aromatic carbocycles. The number of hydrogen-bond acceptors (Lipinski definition) is 6. The number of urea groups is 1. The quantitative estimate of drug-likeness (QED) is 0.303. The van der Waals surface area contributed by atoms with E-state index in [1.54, 1.807) is 78.5 Å². The van der Waals surface area contributed by atoms with Crippen LogP contribution in [0.4, 0.5) is 20.6 Å². The molecule has 3 N–H and O–H groups in total. The molecule has 0 aliphatic rings. The highest BCUT2D eigenvalue weighted by molar-refractivity contribution is 6.00. The Kier molecular flexibility index (Phi) is 7.57. The third-order valence-corrected chi connectivity index (χ3v) is 5.04. The van der Waals surface area contributed by atoms with Crippen LogP contribution in [0.15, 0.2) is 79.1 Å². The number of nitrogens with one attached hydrogen (secondary N) is 2. The van der Waals surface area contributed by atoms with Crippen LogP contribution >= 0.6 is 0 Å². The van der Waals surface area contributed by atoms with Crippen molar-refractivity contribution in [3.05, 3.63) is 96.2 Å². The molecule has 2 amide bonds. The number of aromatic nitrogens is 2. The fourth-order valence-electron chi connectivity index (χ4n) is 3.31. The summed E-state index contributed by atoms with van der Waals surface area (Å²) < 4.78 is 25.9. The van der Waals surface area contributed by atoms with Crippen LogP contribution < -0.4 is 15.4 Å². The van der Waals surface area contributed by atoms with Gasteiger partial charge in [-0.2, -0.15) is 0 Å². The molecule has 0 atom stereocenters. The van der Waals surface area contributed by atoms with E-state index in [4.69, 9.17) is 14.6 Å². The Hall–Kier alpha value is -4.70. The van der Waals surface area contributed by atoms with Crippen LogP contribution in [0, 0.1) is 12.7 Å². The maximum atomic E-state index is 13.4. The van der Waals surface area contributed by atoms with Gasteiger partial charge in [0, 0.05) is 29.8 Å². The van der Waals surface area contributed by atoms with Crippen molar-refractivity contribution < 1.29 is 28.6 Å². The fourth-order valence-corrected chi connectivity index (χ4v) is 3.31. The molecule has 0 saturated heterocycles. The third-order valence-electron chi connectivity index (χ3n) is 5.04. The zero-order valence-electron chi connectivity index (χ0n) is 19.3. The first kappa shape index (κ1) is 24.4. The SMILES string of the molecule is Cc1ccc(F)cc1NC(=O)Nc1ccc(Oc2ccnc(-n3cccc3C(=O)OCCO)c2)cc1. The van der Waals surface area contributed by atoms with Crippen LogP contribution in [0.25, 0.3) is 5.82 Å². The maximum absolute atomic E-state index is 13.4. The summed E-state index contributed by atoms with van der Waals surface area (Å²) in [5.74, 6) is 0.404. The second-order valence-corrected chi connectivity index (χ2v) is 7.64. The van der Waals surface area contributed by atoms with E-state index in [2.05, 4.69) is 15.6 Å². The molecule has 0 radical (unpaired) electrons. The lowest BCUT2D eigenvalue weighted by Crippen LogP contribution is -2.20. The summed E-state index contributed by atoms with van der Waals surface area (Å²) in [5, 5.41) is 14.2. The molecule has 2 aromatic heterocycles. The molecule has 184 valence electrons. The van der Waals surface area contributed by atoms with Crippen molar-refractivity contribution in [3.63, 3.8) is 0 Å². The van der Waals surface area contributed by atoms with Gasteiger partial charge in [0.1, 0.15) is 35.4 Å². The largest absolute Gasteiger partial charge is 0.459 e. The highest BCUT2D eigenvalue weighted by atomic mass is 19.1. The first-order chi connectivity index (χ1) is 17.4. The number of rotatable bonds is 8. The molecule has 2 heterocycles. The minimum atomic E-state index is -0.582. The lowest BCUT2D eigenvalue weighted by atomic mass is 10.2. The van der Waals surface area contributed by atoms with Crippen molar-refractivity contribution in [1.29, 1.82) is 0 Å². The summed E-state index contributed by atoms with van der Waals surface area (Å²) in [6, 6.07) is 16.9. The Labute approximate surface area is 206 Å². The summed E-state index contributed by atoms with van der Waals surface area (Å²) >= 11 is 0. The highest BCUT2D eigenvalue weighted by Crippen LogP contribution is 2.25. The second kappa shape index (κ2) is 11.2. The molecule has 10 heteroatoms. The molecule has 9 nitrogen and oxygen atoms in total. The molecule has 4 rings (SSSR count). The van der Waals surface area contributed by atoms with Crippen molar-refractivity contribution in [2.24, 2.45) is 0 Å². The van der Waals surface area contributed by atoms with Crippen molar-refractivity contribution in [1.82, 2.24) is 9.55 Å². The van der Waals surface area contributed by atoms with E-state index in [-0.39, 0.29) is 18.9 Å². The predicted molar refractivity (Wildman–Crippen MR) is 131 cm³/mol. The number of amides is 2. The second-order valence-electron chi connectivity index (χ2n) is 7.64. The summed E-state index contributed by atoms with van der Waals surface area (Å²) in [4.78, 5) is 28.8. The standard InChI is InChI=1S/C26H23FN4O5/c1-17-4-5-18(27)15-22(17)30-26(34)29-19-6-8-20(9-7-19)36-21-10-11-28-24(16-21)31-12-2-3-23(31)25(33)35-14-13-32/h2-12,15-16,32H,13-14H2,1H3,(H2,29,30,34). The zero-order valence-corrected chi connectivity index (χ0v) is 19.3. The number of aliphatic hydroxyl groups is 1. The van der Waals surface area contributed by atoms with E-state index in [1.807, 2.05) is 0 Å². The summed E-state index contributed by atoms with van der Waals surface area (Å²) in [5.41, 5.74) is 1.90. The topological polar surface area (TPSA) is 115 Å². The monoisotopic (exact) mass is 490 g/mol. The first-order valence-electron chi connectivity index (χ1n) is 11.0. The number of ether oxygens (including phenoxy) is 2. The molecule has 36 heavy (non-hydrogen) atoms. The maximum Gasteiger partial charge on any atom is 0.355 e. The molecule has 0 spiro atoms. The Morgan fingerprint density at radius 2 is 1.83 bits per heavy atom. The van der Waals surface area contributed by atoms with E-state index >= 15 is 0 Å².